The van der Waals surface area contributed by atoms with Crippen LogP contribution in [0.1, 0.15) is 26.3 Å². The zero-order chi connectivity index (χ0) is 12.4. The van der Waals surface area contributed by atoms with Gasteiger partial charge < -0.3 is 0 Å². The van der Waals surface area contributed by atoms with Gasteiger partial charge in [-0.25, -0.2) is 8.42 Å². The first-order chi connectivity index (χ1) is 7.20. The molecule has 4 heteroatoms. The van der Waals surface area contributed by atoms with E-state index < -0.39 is 9.84 Å². The van der Waals surface area contributed by atoms with E-state index in [-0.39, 0.29) is 16.9 Å². The zero-order valence-electron chi connectivity index (χ0n) is 9.83. The lowest BCUT2D eigenvalue weighted by Gasteiger charge is -2.18. The highest BCUT2D eigenvalue weighted by Gasteiger charge is 2.22. The predicted octanol–water partition coefficient (Wildman–Crippen LogP) is 3.30. The van der Waals surface area contributed by atoms with Crippen molar-refractivity contribution in [1.82, 2.24) is 0 Å². The molecule has 0 saturated carbocycles. The van der Waals surface area contributed by atoms with Gasteiger partial charge in [0.25, 0.3) is 0 Å². The topological polar surface area (TPSA) is 34.1 Å². The molecule has 1 rings (SSSR count). The van der Waals surface area contributed by atoms with E-state index >= 15 is 0 Å². The molecular formula is C12H17ClO2S. The van der Waals surface area contributed by atoms with Crippen molar-refractivity contribution in [2.75, 3.05) is 5.75 Å². The van der Waals surface area contributed by atoms with E-state index in [0.29, 0.717) is 10.6 Å². The van der Waals surface area contributed by atoms with Crippen molar-refractivity contribution in [3.63, 3.8) is 0 Å². The SMILES string of the molecule is CC(C)(C)CS(=O)(=O)Cc1ccccc1Cl. The number of rotatable bonds is 3. The lowest BCUT2D eigenvalue weighted by molar-refractivity contribution is 0.461. The summed E-state index contributed by atoms with van der Waals surface area (Å²) in [5.41, 5.74) is 0.452. The van der Waals surface area contributed by atoms with E-state index in [1.165, 1.54) is 0 Å². The van der Waals surface area contributed by atoms with Crippen molar-refractivity contribution in [1.29, 1.82) is 0 Å². The molecular weight excluding hydrogens is 244 g/mol. The summed E-state index contributed by atoms with van der Waals surface area (Å²) in [7, 11) is -3.10. The van der Waals surface area contributed by atoms with E-state index in [1.54, 1.807) is 24.3 Å². The maximum absolute atomic E-state index is 11.9. The molecule has 0 unspecified atom stereocenters. The smallest absolute Gasteiger partial charge is 0.155 e. The average molecular weight is 261 g/mol. The van der Waals surface area contributed by atoms with Crippen LogP contribution < -0.4 is 0 Å². The number of hydrogen-bond donors (Lipinski definition) is 0. The summed E-state index contributed by atoms with van der Waals surface area (Å²) < 4.78 is 23.8. The van der Waals surface area contributed by atoms with Crippen LogP contribution in [0, 0.1) is 5.41 Å². The number of halogens is 1. The Morgan fingerprint density at radius 1 is 1.19 bits per heavy atom. The normalized spacial score (nSPS) is 12.8. The first kappa shape index (κ1) is 13.5. The Labute approximate surface area is 103 Å². The van der Waals surface area contributed by atoms with Crippen molar-refractivity contribution >= 4 is 21.4 Å². The fourth-order valence-corrected chi connectivity index (χ4v) is 3.99. The number of hydrogen-bond acceptors (Lipinski definition) is 2. The van der Waals surface area contributed by atoms with Crippen molar-refractivity contribution in [2.45, 2.75) is 26.5 Å². The molecule has 16 heavy (non-hydrogen) atoms. The predicted molar refractivity (Wildman–Crippen MR) is 68.4 cm³/mol. The highest BCUT2D eigenvalue weighted by Crippen LogP contribution is 2.22. The van der Waals surface area contributed by atoms with Crippen LogP contribution in [0.4, 0.5) is 0 Å². The van der Waals surface area contributed by atoms with Crippen LogP contribution in [-0.4, -0.2) is 14.2 Å². The molecule has 0 aromatic heterocycles. The summed E-state index contributed by atoms with van der Waals surface area (Å²) in [6, 6.07) is 7.06. The second-order valence-corrected chi connectivity index (χ2v) is 7.66. The molecule has 1 aromatic carbocycles. The molecule has 0 atom stereocenters. The van der Waals surface area contributed by atoms with Gasteiger partial charge in [0.1, 0.15) is 0 Å². The molecule has 0 aliphatic heterocycles. The first-order valence-electron chi connectivity index (χ1n) is 5.13. The Hall–Kier alpha value is -0.540. The van der Waals surface area contributed by atoms with E-state index in [9.17, 15) is 8.42 Å². The summed E-state index contributed by atoms with van der Waals surface area (Å²) in [4.78, 5) is 0. The Morgan fingerprint density at radius 3 is 2.25 bits per heavy atom. The molecule has 1 aromatic rings. The third-order valence-electron chi connectivity index (χ3n) is 1.99. The summed E-state index contributed by atoms with van der Waals surface area (Å²) in [6.45, 7) is 5.74. The van der Waals surface area contributed by atoms with Crippen LogP contribution in [0.25, 0.3) is 0 Å². The minimum Gasteiger partial charge on any atom is -0.228 e. The highest BCUT2D eigenvalue weighted by atomic mass is 35.5. The molecule has 0 aliphatic rings. The van der Waals surface area contributed by atoms with Crippen molar-refractivity contribution in [3.8, 4) is 0 Å². The second kappa shape index (κ2) is 4.76. The molecule has 90 valence electrons. The number of sulfone groups is 1. The minimum absolute atomic E-state index is 0.0178. The van der Waals surface area contributed by atoms with Crippen molar-refractivity contribution in [2.24, 2.45) is 5.41 Å². The van der Waals surface area contributed by atoms with Gasteiger partial charge in [0, 0.05) is 5.02 Å². The Morgan fingerprint density at radius 2 is 1.75 bits per heavy atom. The Balaban J connectivity index is 2.86. The fourth-order valence-electron chi connectivity index (χ4n) is 1.56. The van der Waals surface area contributed by atoms with E-state index in [0.717, 1.165) is 0 Å². The molecule has 0 heterocycles. The largest absolute Gasteiger partial charge is 0.228 e. The first-order valence-corrected chi connectivity index (χ1v) is 7.33. The second-order valence-electron chi connectivity index (χ2n) is 5.18. The van der Waals surface area contributed by atoms with Gasteiger partial charge in [-0.15, -0.1) is 0 Å². The average Bonchev–Trinajstić information content (AvgIpc) is 2.04. The lowest BCUT2D eigenvalue weighted by atomic mass is 10.0. The quantitative estimate of drug-likeness (QED) is 0.836. The molecule has 0 N–H and O–H groups in total. The van der Waals surface area contributed by atoms with Gasteiger partial charge in [-0.3, -0.25) is 0 Å². The molecule has 0 radical (unpaired) electrons. The summed E-state index contributed by atoms with van der Waals surface area (Å²) >= 11 is 5.94. The zero-order valence-corrected chi connectivity index (χ0v) is 11.4. The van der Waals surface area contributed by atoms with Gasteiger partial charge >= 0.3 is 0 Å². The molecule has 0 spiro atoms. The summed E-state index contributed by atoms with van der Waals surface area (Å²) in [6.07, 6.45) is 0. The van der Waals surface area contributed by atoms with Crippen molar-refractivity contribution in [3.05, 3.63) is 34.9 Å². The molecule has 0 fully saturated rings. The van der Waals surface area contributed by atoms with Crippen LogP contribution in [0.2, 0.25) is 5.02 Å². The van der Waals surface area contributed by atoms with E-state index in [2.05, 4.69) is 0 Å². The summed E-state index contributed by atoms with van der Waals surface area (Å²) in [5, 5.41) is 0.514. The lowest BCUT2D eigenvalue weighted by Crippen LogP contribution is -2.22. The van der Waals surface area contributed by atoms with E-state index in [4.69, 9.17) is 11.6 Å². The number of benzene rings is 1. The Bertz CT molecular complexity index is 458. The molecule has 0 amide bonds. The van der Waals surface area contributed by atoms with Gasteiger partial charge in [0.05, 0.1) is 11.5 Å². The standard InChI is InChI=1S/C12H17ClO2S/c1-12(2,3)9-16(14,15)8-10-6-4-5-7-11(10)13/h4-7H,8-9H2,1-3H3. The third-order valence-corrected chi connectivity index (χ3v) is 4.41. The third kappa shape index (κ3) is 4.54. The Kier molecular flexibility index (Phi) is 4.02. The van der Waals surface area contributed by atoms with Gasteiger partial charge in [0.2, 0.25) is 0 Å². The molecule has 0 aliphatic carbocycles. The van der Waals surface area contributed by atoms with Crippen LogP contribution in [0.5, 0.6) is 0 Å². The fraction of sp³-hybridized carbons (Fsp3) is 0.500. The van der Waals surface area contributed by atoms with Crippen LogP contribution in [0.3, 0.4) is 0 Å². The maximum Gasteiger partial charge on any atom is 0.155 e. The van der Waals surface area contributed by atoms with Crippen LogP contribution >= 0.6 is 11.6 Å². The van der Waals surface area contributed by atoms with Gasteiger partial charge in [0.15, 0.2) is 9.84 Å². The van der Waals surface area contributed by atoms with Gasteiger partial charge in [-0.1, -0.05) is 50.6 Å². The van der Waals surface area contributed by atoms with E-state index in [1.807, 2.05) is 20.8 Å². The van der Waals surface area contributed by atoms with Crippen LogP contribution in [0.15, 0.2) is 24.3 Å². The van der Waals surface area contributed by atoms with Crippen LogP contribution in [-0.2, 0) is 15.6 Å². The van der Waals surface area contributed by atoms with Gasteiger partial charge in [-0.05, 0) is 17.0 Å². The molecule has 2 nitrogen and oxygen atoms in total. The molecule has 0 saturated heterocycles. The van der Waals surface area contributed by atoms with Crippen molar-refractivity contribution < 1.29 is 8.42 Å². The monoisotopic (exact) mass is 260 g/mol. The highest BCUT2D eigenvalue weighted by molar-refractivity contribution is 7.90. The maximum atomic E-state index is 11.9. The minimum atomic E-state index is -3.10. The van der Waals surface area contributed by atoms with Gasteiger partial charge in [-0.2, -0.15) is 0 Å². The summed E-state index contributed by atoms with van der Waals surface area (Å²) in [5.74, 6) is 0.190. The molecule has 0 bridgehead atoms.